The predicted molar refractivity (Wildman–Crippen MR) is 75.6 cm³/mol. The van der Waals surface area contributed by atoms with Gasteiger partial charge in [0.05, 0.1) is 12.1 Å². The number of rotatable bonds is 3. The molecule has 0 aliphatic heterocycles. The lowest BCUT2D eigenvalue weighted by Gasteiger charge is -2.11. The van der Waals surface area contributed by atoms with Gasteiger partial charge in [-0.15, -0.1) is 0 Å². The van der Waals surface area contributed by atoms with Crippen LogP contribution in [0.4, 0.5) is 5.82 Å². The standard InChI is InChI=1S/C14H12N6/c15-8-13-17-5-6-20(13)9-11-7-10-3-1-2-4-12(10)18-14(11)19-16/h1-7H,9,16H2,(H,18,19). The first-order valence-electron chi connectivity index (χ1n) is 6.08. The molecule has 0 radical (unpaired) electrons. The van der Waals surface area contributed by atoms with E-state index < -0.39 is 0 Å². The zero-order valence-electron chi connectivity index (χ0n) is 10.6. The Labute approximate surface area is 115 Å². The number of aromatic nitrogens is 3. The second kappa shape index (κ2) is 4.99. The highest BCUT2D eigenvalue weighted by atomic mass is 15.3. The molecular weight excluding hydrogens is 252 g/mol. The summed E-state index contributed by atoms with van der Waals surface area (Å²) in [5, 5.41) is 10.0. The van der Waals surface area contributed by atoms with E-state index >= 15 is 0 Å². The number of nitrogens with one attached hydrogen (secondary N) is 1. The lowest BCUT2D eigenvalue weighted by molar-refractivity contribution is 0.781. The van der Waals surface area contributed by atoms with E-state index in [-0.39, 0.29) is 0 Å². The van der Waals surface area contributed by atoms with E-state index in [4.69, 9.17) is 11.1 Å². The van der Waals surface area contributed by atoms with Crippen LogP contribution < -0.4 is 11.3 Å². The van der Waals surface area contributed by atoms with E-state index in [9.17, 15) is 0 Å². The van der Waals surface area contributed by atoms with Gasteiger partial charge in [-0.1, -0.05) is 18.2 Å². The molecular formula is C14H12N6. The number of imidazole rings is 1. The molecule has 0 saturated heterocycles. The van der Waals surface area contributed by atoms with E-state index in [1.54, 1.807) is 17.0 Å². The Hall–Kier alpha value is -2.91. The number of fused-ring (bicyclic) bond motifs is 1. The Balaban J connectivity index is 2.08. The Morgan fingerprint density at radius 3 is 3.00 bits per heavy atom. The van der Waals surface area contributed by atoms with Crippen molar-refractivity contribution in [3.8, 4) is 6.07 Å². The third-order valence-electron chi connectivity index (χ3n) is 3.10. The molecule has 3 rings (SSSR count). The van der Waals surface area contributed by atoms with E-state index in [1.807, 2.05) is 30.3 Å². The first-order valence-corrected chi connectivity index (χ1v) is 6.08. The number of nitrogen functional groups attached to an aromatic ring is 1. The molecule has 0 aliphatic rings. The Morgan fingerprint density at radius 2 is 2.20 bits per heavy atom. The highest BCUT2D eigenvalue weighted by molar-refractivity contribution is 5.81. The number of anilines is 1. The van der Waals surface area contributed by atoms with Crippen LogP contribution in [0.1, 0.15) is 11.4 Å². The number of para-hydroxylation sites is 1. The summed E-state index contributed by atoms with van der Waals surface area (Å²) >= 11 is 0. The maximum Gasteiger partial charge on any atom is 0.213 e. The summed E-state index contributed by atoms with van der Waals surface area (Å²) in [6.07, 6.45) is 3.36. The topological polar surface area (TPSA) is 92.5 Å². The van der Waals surface area contributed by atoms with Crippen LogP contribution in [0.25, 0.3) is 10.9 Å². The molecule has 3 aromatic rings. The van der Waals surface area contributed by atoms with Gasteiger partial charge in [0, 0.05) is 23.3 Å². The molecule has 6 heteroatoms. The van der Waals surface area contributed by atoms with Crippen LogP contribution in [0.2, 0.25) is 0 Å². The number of benzene rings is 1. The van der Waals surface area contributed by atoms with Crippen molar-refractivity contribution in [3.05, 3.63) is 54.1 Å². The molecule has 0 amide bonds. The molecule has 0 aliphatic carbocycles. The molecule has 2 heterocycles. The average molecular weight is 264 g/mol. The SMILES string of the molecule is N#Cc1nccn1Cc1cc2ccccc2nc1NN. The van der Waals surface area contributed by atoms with Crippen LogP contribution >= 0.6 is 0 Å². The Bertz CT molecular complexity index is 799. The minimum absolute atomic E-state index is 0.362. The van der Waals surface area contributed by atoms with E-state index in [2.05, 4.69) is 21.5 Å². The largest absolute Gasteiger partial charge is 0.318 e. The lowest BCUT2D eigenvalue weighted by Crippen LogP contribution is -2.13. The summed E-state index contributed by atoms with van der Waals surface area (Å²) in [5.41, 5.74) is 4.38. The van der Waals surface area contributed by atoms with Gasteiger partial charge in [0.2, 0.25) is 5.82 Å². The predicted octanol–water partition coefficient (Wildman–Crippen LogP) is 1.64. The van der Waals surface area contributed by atoms with Crippen molar-refractivity contribution >= 4 is 16.7 Å². The van der Waals surface area contributed by atoms with Gasteiger partial charge in [-0.25, -0.2) is 15.8 Å². The van der Waals surface area contributed by atoms with Crippen molar-refractivity contribution in [2.75, 3.05) is 5.43 Å². The van der Waals surface area contributed by atoms with Crippen molar-refractivity contribution < 1.29 is 0 Å². The molecule has 0 spiro atoms. The van der Waals surface area contributed by atoms with Crippen molar-refractivity contribution in [2.24, 2.45) is 5.84 Å². The molecule has 0 fully saturated rings. The third-order valence-corrected chi connectivity index (χ3v) is 3.10. The molecule has 20 heavy (non-hydrogen) atoms. The van der Waals surface area contributed by atoms with Crippen molar-refractivity contribution in [1.82, 2.24) is 14.5 Å². The fourth-order valence-corrected chi connectivity index (χ4v) is 2.14. The molecule has 0 unspecified atom stereocenters. The van der Waals surface area contributed by atoms with Gasteiger partial charge in [0.1, 0.15) is 11.9 Å². The van der Waals surface area contributed by atoms with E-state index in [1.165, 1.54) is 0 Å². The maximum atomic E-state index is 8.99. The highest BCUT2D eigenvalue weighted by Crippen LogP contribution is 2.21. The number of nitrogens with two attached hydrogens (primary N) is 1. The zero-order chi connectivity index (χ0) is 13.9. The third kappa shape index (κ3) is 2.06. The molecule has 0 bridgehead atoms. The first kappa shape index (κ1) is 12.1. The van der Waals surface area contributed by atoms with Crippen LogP contribution in [0.5, 0.6) is 0 Å². The molecule has 0 atom stereocenters. The van der Waals surface area contributed by atoms with Crippen LogP contribution in [0.15, 0.2) is 42.7 Å². The van der Waals surface area contributed by atoms with Crippen molar-refractivity contribution in [1.29, 1.82) is 5.26 Å². The highest BCUT2D eigenvalue weighted by Gasteiger charge is 2.09. The van der Waals surface area contributed by atoms with Gasteiger partial charge in [-0.2, -0.15) is 5.26 Å². The number of hydrogen-bond donors (Lipinski definition) is 2. The second-order valence-corrected chi connectivity index (χ2v) is 4.32. The number of pyridine rings is 1. The number of hydrazine groups is 1. The molecule has 1 aromatic carbocycles. The van der Waals surface area contributed by atoms with Crippen LogP contribution in [-0.4, -0.2) is 14.5 Å². The number of nitriles is 1. The molecule has 0 saturated carbocycles. The molecule has 3 N–H and O–H groups in total. The number of nitrogens with zero attached hydrogens (tertiary/aromatic N) is 4. The van der Waals surface area contributed by atoms with E-state index in [0.29, 0.717) is 18.2 Å². The van der Waals surface area contributed by atoms with Crippen molar-refractivity contribution in [2.45, 2.75) is 6.54 Å². The quantitative estimate of drug-likeness (QED) is 0.554. The summed E-state index contributed by atoms with van der Waals surface area (Å²) in [7, 11) is 0. The molecule has 2 aromatic heterocycles. The van der Waals surface area contributed by atoms with Gasteiger partial charge >= 0.3 is 0 Å². The monoisotopic (exact) mass is 264 g/mol. The zero-order valence-corrected chi connectivity index (χ0v) is 10.6. The Morgan fingerprint density at radius 1 is 1.35 bits per heavy atom. The second-order valence-electron chi connectivity index (χ2n) is 4.32. The van der Waals surface area contributed by atoms with Gasteiger partial charge in [-0.3, -0.25) is 0 Å². The van der Waals surface area contributed by atoms with Gasteiger partial charge in [-0.05, 0) is 12.1 Å². The molecule has 6 nitrogen and oxygen atoms in total. The normalized spacial score (nSPS) is 10.4. The van der Waals surface area contributed by atoms with Gasteiger partial charge in [0.25, 0.3) is 0 Å². The van der Waals surface area contributed by atoms with Gasteiger partial charge in [0.15, 0.2) is 0 Å². The van der Waals surface area contributed by atoms with Gasteiger partial charge < -0.3 is 9.99 Å². The summed E-state index contributed by atoms with van der Waals surface area (Å²) in [6.45, 7) is 0.486. The maximum absolute atomic E-state index is 8.99. The first-order chi connectivity index (χ1) is 9.81. The fourth-order valence-electron chi connectivity index (χ4n) is 2.14. The fraction of sp³-hybridized carbons (Fsp3) is 0.0714. The summed E-state index contributed by atoms with van der Waals surface area (Å²) in [4.78, 5) is 8.46. The summed E-state index contributed by atoms with van der Waals surface area (Å²) < 4.78 is 1.76. The van der Waals surface area contributed by atoms with Crippen molar-refractivity contribution in [3.63, 3.8) is 0 Å². The van der Waals surface area contributed by atoms with Crippen LogP contribution in [0, 0.1) is 11.3 Å². The smallest absolute Gasteiger partial charge is 0.213 e. The van der Waals surface area contributed by atoms with E-state index in [0.717, 1.165) is 16.5 Å². The van der Waals surface area contributed by atoms with Crippen LogP contribution in [-0.2, 0) is 6.54 Å². The minimum Gasteiger partial charge on any atom is -0.318 e. The van der Waals surface area contributed by atoms with Crippen LogP contribution in [0.3, 0.4) is 0 Å². The number of hydrogen-bond acceptors (Lipinski definition) is 5. The average Bonchev–Trinajstić information content (AvgIpc) is 2.93. The summed E-state index contributed by atoms with van der Waals surface area (Å²) in [5.74, 6) is 6.50. The molecule has 98 valence electrons. The lowest BCUT2D eigenvalue weighted by atomic mass is 10.1. The Kier molecular flexibility index (Phi) is 3.03. The summed E-state index contributed by atoms with van der Waals surface area (Å²) in [6, 6.07) is 11.9. The minimum atomic E-state index is 0.362.